The zero-order valence-corrected chi connectivity index (χ0v) is 41.5. The summed E-state index contributed by atoms with van der Waals surface area (Å²) in [6.45, 7) is 24.1. The number of hydrogen-bond donors (Lipinski definition) is 0. The van der Waals surface area contributed by atoms with Crippen molar-refractivity contribution in [1.29, 1.82) is 0 Å². The normalized spacial score (nSPS) is 19.6. The van der Waals surface area contributed by atoms with Crippen molar-refractivity contribution in [3.8, 4) is 16.9 Å². The fourth-order valence-electron chi connectivity index (χ4n) is 10.9. The molecule has 2 atom stereocenters. The largest absolute Gasteiger partial charge is 2.00 e. The zero-order valence-electron chi connectivity index (χ0n) is 41.2. The molecular formula is C59H56N4OPt. The van der Waals surface area contributed by atoms with Crippen LogP contribution in [0.25, 0.3) is 38.8 Å². The molecule has 0 bridgehead atoms. The minimum Gasteiger partial charge on any atom is -0.508 e. The van der Waals surface area contributed by atoms with E-state index >= 15 is 0 Å². The van der Waals surface area contributed by atoms with E-state index in [1.165, 1.54) is 33.2 Å². The minimum absolute atomic E-state index is 0. The summed E-state index contributed by atoms with van der Waals surface area (Å²) in [5, 5.41) is 2.30. The van der Waals surface area contributed by atoms with Gasteiger partial charge >= 0.3 is 21.1 Å². The maximum absolute atomic E-state index is 9.29. The molecule has 1 aliphatic carbocycles. The monoisotopic (exact) mass is 1030 g/mol. The third-order valence-electron chi connectivity index (χ3n) is 14.3. The molecule has 328 valence electrons. The van der Waals surface area contributed by atoms with Crippen molar-refractivity contribution in [3.63, 3.8) is 0 Å². The van der Waals surface area contributed by atoms with Crippen LogP contribution in [0.15, 0.2) is 114 Å². The topological polar surface area (TPSA) is 42.7 Å². The van der Waals surface area contributed by atoms with Crippen molar-refractivity contribution in [2.45, 2.75) is 111 Å². The summed E-state index contributed by atoms with van der Waals surface area (Å²) in [6, 6.07) is 44.8. The Labute approximate surface area is 401 Å². The second-order valence-electron chi connectivity index (χ2n) is 20.3. The number of pyridine rings is 1. The Bertz CT molecular complexity index is 3390. The first-order valence-corrected chi connectivity index (χ1v) is 22.7. The predicted octanol–water partition coefficient (Wildman–Crippen LogP) is 14.4. The smallest absolute Gasteiger partial charge is 0.508 e. The van der Waals surface area contributed by atoms with E-state index in [2.05, 4.69) is 194 Å². The Morgan fingerprint density at radius 2 is 1.52 bits per heavy atom. The number of aromatic nitrogens is 2. The number of anilines is 3. The zero-order chi connectivity index (χ0) is 46.4. The number of aliphatic imine (C=N–C) groups is 1. The average Bonchev–Trinajstić information content (AvgIpc) is 3.76. The number of aryl methyl sites for hydroxylation is 5. The van der Waals surface area contributed by atoms with Gasteiger partial charge in [0.2, 0.25) is 0 Å². The molecule has 0 unspecified atom stereocenters. The quantitative estimate of drug-likeness (QED) is 0.165. The molecule has 0 saturated heterocycles. The van der Waals surface area contributed by atoms with Crippen molar-refractivity contribution < 1.29 is 28.5 Å². The molecule has 0 N–H and O–H groups in total. The van der Waals surface area contributed by atoms with Gasteiger partial charge in [0.05, 0.1) is 6.04 Å². The van der Waals surface area contributed by atoms with Crippen molar-refractivity contribution in [3.05, 3.63) is 183 Å². The molecule has 5 nitrogen and oxygen atoms in total. The molecular weight excluding hydrogens is 976 g/mol. The first-order chi connectivity index (χ1) is 31.2. The second-order valence-corrected chi connectivity index (χ2v) is 20.3. The van der Waals surface area contributed by atoms with Crippen LogP contribution in [0.1, 0.15) is 112 Å². The number of nitrogens with zero attached hydrogens (tertiary/aromatic N) is 4. The van der Waals surface area contributed by atoms with Gasteiger partial charge in [0.1, 0.15) is 17.3 Å². The maximum atomic E-state index is 9.29. The van der Waals surface area contributed by atoms with Crippen molar-refractivity contribution in [2.75, 3.05) is 4.90 Å². The Morgan fingerprint density at radius 3 is 2.29 bits per heavy atom. The molecule has 3 aliphatic rings. The molecule has 0 fully saturated rings. The van der Waals surface area contributed by atoms with Crippen molar-refractivity contribution in [1.82, 2.24) is 9.55 Å². The predicted molar refractivity (Wildman–Crippen MR) is 264 cm³/mol. The van der Waals surface area contributed by atoms with E-state index in [4.69, 9.17) is 14.7 Å². The van der Waals surface area contributed by atoms with E-state index in [1.807, 2.05) is 13.1 Å². The van der Waals surface area contributed by atoms with E-state index in [1.54, 1.807) is 0 Å². The van der Waals surface area contributed by atoms with Gasteiger partial charge in [-0.1, -0.05) is 129 Å². The van der Waals surface area contributed by atoms with Crippen LogP contribution in [-0.2, 0) is 48.6 Å². The molecule has 65 heavy (non-hydrogen) atoms. The molecule has 2 aromatic heterocycles. The Balaban J connectivity index is 0.00000525. The molecule has 8 aromatic rings. The number of benzene rings is 6. The second kappa shape index (κ2) is 15.1. The minimum atomic E-state index is -1.56. The number of rotatable bonds is 4. The molecule has 0 amide bonds. The van der Waals surface area contributed by atoms with Crippen LogP contribution in [-0.4, -0.2) is 21.5 Å². The number of hydrogen-bond acceptors (Lipinski definition) is 4. The Morgan fingerprint density at radius 1 is 0.754 bits per heavy atom. The summed E-state index contributed by atoms with van der Waals surface area (Å²) in [5.41, 5.74) is 17.2. The van der Waals surface area contributed by atoms with Crippen LogP contribution in [0.2, 0.25) is 0 Å². The molecule has 2 aliphatic heterocycles. The van der Waals surface area contributed by atoms with Gasteiger partial charge in [0.25, 0.3) is 0 Å². The van der Waals surface area contributed by atoms with E-state index in [9.17, 15) is 2.74 Å². The van der Waals surface area contributed by atoms with Crippen LogP contribution in [0, 0.1) is 46.8 Å². The van der Waals surface area contributed by atoms with Crippen LogP contribution >= 0.6 is 0 Å². The molecule has 6 aromatic carbocycles. The molecule has 0 saturated carbocycles. The van der Waals surface area contributed by atoms with Gasteiger partial charge < -0.3 is 14.2 Å². The van der Waals surface area contributed by atoms with Gasteiger partial charge in [-0.25, -0.2) is 4.98 Å². The average molecular weight is 1030 g/mol. The van der Waals surface area contributed by atoms with Crippen LogP contribution in [0.4, 0.5) is 17.1 Å². The number of ether oxygens (including phenoxy) is 1. The SMILES string of the molecule is [2H]C1([2H])C[C@H]2N=C(c3[c-]c(N4c5[c-]c6c(cc5C(C)(C)c5ccccc54)c4cc(C)ccc4n6-c4cc(C(C)(C)C)ccn4)cc(-c4c(C)cccc4C)c3)O[C@@]2(C)c2cc(C)cc(C)c21.[Pt+2]. The van der Waals surface area contributed by atoms with E-state index < -0.39 is 18.0 Å². The van der Waals surface area contributed by atoms with E-state index in [-0.39, 0.29) is 38.3 Å². The third kappa shape index (κ3) is 6.66. The summed E-state index contributed by atoms with van der Waals surface area (Å²) in [6.07, 6.45) is 0.594. The first kappa shape index (κ1) is 40.7. The van der Waals surface area contributed by atoms with Gasteiger partial charge in [-0.2, -0.15) is 6.07 Å². The first-order valence-electron chi connectivity index (χ1n) is 23.7. The van der Waals surface area contributed by atoms with Crippen molar-refractivity contribution >= 4 is 44.8 Å². The van der Waals surface area contributed by atoms with Crippen LogP contribution < -0.4 is 4.90 Å². The summed E-state index contributed by atoms with van der Waals surface area (Å²) in [4.78, 5) is 12.7. The summed E-state index contributed by atoms with van der Waals surface area (Å²) >= 11 is 0. The van der Waals surface area contributed by atoms with E-state index in [0.717, 1.165) is 83.8 Å². The molecule has 0 radical (unpaired) electrons. The summed E-state index contributed by atoms with van der Waals surface area (Å²) in [5.74, 6) is 1.34. The van der Waals surface area contributed by atoms with Gasteiger partial charge in [-0.3, -0.25) is 4.99 Å². The fourth-order valence-corrected chi connectivity index (χ4v) is 10.9. The van der Waals surface area contributed by atoms with Crippen LogP contribution in [0.5, 0.6) is 0 Å². The van der Waals surface area contributed by atoms with Gasteiger partial charge in [-0.15, -0.1) is 35.2 Å². The van der Waals surface area contributed by atoms with Gasteiger partial charge in [0, 0.05) is 20.1 Å². The third-order valence-corrected chi connectivity index (χ3v) is 14.3. The van der Waals surface area contributed by atoms with Gasteiger partial charge in [-0.05, 0) is 145 Å². The molecule has 0 spiro atoms. The summed E-state index contributed by atoms with van der Waals surface area (Å²) in [7, 11) is 0. The number of para-hydroxylation sites is 1. The Hall–Kier alpha value is -5.77. The van der Waals surface area contributed by atoms with E-state index in [0.29, 0.717) is 5.90 Å². The number of fused-ring (bicyclic) bond motifs is 8. The Kier molecular flexibility index (Phi) is 9.48. The van der Waals surface area contributed by atoms with Gasteiger partial charge in [0.15, 0.2) is 0 Å². The standard InChI is InChI=1S/C59H56N4O.Pt/c1-34-19-21-49-44(26-34)45-32-48-52(33-51(45)63(49)54-31-41(23-24-60-54)57(6,7)8)62(50-18-13-12-17-46(50)58(48,9)10)42-29-39(55-36(3)15-14-16-37(55)4)28-40(30-42)56-61-53-22-20-43-38(5)25-35(2)27-47(43)59(53,11)64-56;/h12-19,21,23-29,31-32,53H,20,22H2,1-11H3;/q-2;+2/t53-,59+;/m1./s1/i20D2;. The molecule has 11 rings (SSSR count). The molecule has 6 heteroatoms. The fraction of sp³-hybridized carbons (Fsp3) is 0.288. The summed E-state index contributed by atoms with van der Waals surface area (Å²) < 4.78 is 28.0. The van der Waals surface area contributed by atoms with Crippen molar-refractivity contribution in [2.24, 2.45) is 4.99 Å². The maximum Gasteiger partial charge on any atom is 2.00 e. The molecule has 4 heterocycles. The van der Waals surface area contributed by atoms with Crippen LogP contribution in [0.3, 0.4) is 0 Å².